The molecule has 9 heteroatoms. The highest BCUT2D eigenvalue weighted by Crippen LogP contribution is 2.29. The van der Waals surface area contributed by atoms with Crippen molar-refractivity contribution in [1.29, 1.82) is 5.26 Å². The molecule has 0 amide bonds. The number of nitriles is 1. The van der Waals surface area contributed by atoms with E-state index in [0.29, 0.717) is 17.6 Å². The Bertz CT molecular complexity index is 1100. The molecule has 0 atom stereocenters. The van der Waals surface area contributed by atoms with Gasteiger partial charge in [0, 0.05) is 29.3 Å². The van der Waals surface area contributed by atoms with Gasteiger partial charge in [-0.15, -0.1) is 10.2 Å². The van der Waals surface area contributed by atoms with Crippen molar-refractivity contribution in [3.8, 4) is 28.9 Å². The summed E-state index contributed by atoms with van der Waals surface area (Å²) < 4.78 is 7.36. The monoisotopic (exact) mass is 420 g/mol. The van der Waals surface area contributed by atoms with Gasteiger partial charge < -0.3 is 10.5 Å². The number of pyridine rings is 1. The lowest BCUT2D eigenvalue weighted by Crippen LogP contribution is -2.11. The van der Waals surface area contributed by atoms with Crippen molar-refractivity contribution in [2.24, 2.45) is 5.73 Å². The minimum absolute atomic E-state index is 0.0135. The van der Waals surface area contributed by atoms with Crippen LogP contribution in [0.1, 0.15) is 13.8 Å². The number of nitrogens with two attached hydrogens (primary N) is 1. The van der Waals surface area contributed by atoms with E-state index in [2.05, 4.69) is 15.2 Å². The molecule has 0 aliphatic heterocycles. The van der Waals surface area contributed by atoms with E-state index in [0.717, 1.165) is 17.0 Å². The molecule has 0 fully saturated rings. The number of thioether (sulfide) groups is 1. The van der Waals surface area contributed by atoms with Gasteiger partial charge in [-0.25, -0.2) is 0 Å². The average Bonchev–Trinajstić information content (AvgIpc) is 3.18. The Morgan fingerprint density at radius 3 is 2.63 bits per heavy atom. The van der Waals surface area contributed by atoms with Crippen LogP contribution in [0, 0.1) is 11.3 Å². The Labute approximate surface area is 178 Å². The van der Waals surface area contributed by atoms with Crippen LogP contribution < -0.4 is 10.5 Å². The largest absolute Gasteiger partial charge is 0.494 e. The molecule has 0 radical (unpaired) electrons. The second kappa shape index (κ2) is 9.71. The summed E-state index contributed by atoms with van der Waals surface area (Å²) in [5.41, 5.74) is 7.39. The quantitative estimate of drug-likeness (QED) is 0.335. The van der Waals surface area contributed by atoms with E-state index in [1.54, 1.807) is 12.4 Å². The van der Waals surface area contributed by atoms with Crippen molar-refractivity contribution in [3.63, 3.8) is 0 Å². The molecular weight excluding hydrogens is 400 g/mol. The minimum Gasteiger partial charge on any atom is -0.494 e. The van der Waals surface area contributed by atoms with Crippen LogP contribution in [0.25, 0.3) is 17.1 Å². The molecule has 0 aliphatic rings. The van der Waals surface area contributed by atoms with Gasteiger partial charge in [0.2, 0.25) is 0 Å². The number of hydrogen-bond donors (Lipinski definition) is 1. The molecule has 3 aromatic rings. The standard InChI is InChI=1S/C21H20N6O2S/c1-3-29-17-8-6-16(7-9-17)27-20(15-5-4-10-24-12-15)25-26-21(27)30-13-19(28)18(11-22)14(2)23/h4-10,12H,3,13,23H2,1-2H3/b18-14+. The molecule has 152 valence electrons. The molecule has 2 N–H and O–H groups in total. The van der Waals surface area contributed by atoms with Gasteiger partial charge in [-0.2, -0.15) is 5.26 Å². The van der Waals surface area contributed by atoms with Crippen LogP contribution in [-0.4, -0.2) is 37.9 Å². The van der Waals surface area contributed by atoms with Crippen molar-refractivity contribution < 1.29 is 9.53 Å². The Hall–Kier alpha value is -3.64. The molecule has 0 saturated heterocycles. The second-order valence-corrected chi connectivity index (χ2v) is 7.13. The number of hydrogen-bond acceptors (Lipinski definition) is 8. The fourth-order valence-electron chi connectivity index (χ4n) is 2.71. The average molecular weight is 420 g/mol. The summed E-state index contributed by atoms with van der Waals surface area (Å²) in [7, 11) is 0. The number of carbonyl (C=O) groups excluding carboxylic acids is 1. The highest BCUT2D eigenvalue weighted by Gasteiger charge is 2.19. The number of carbonyl (C=O) groups is 1. The van der Waals surface area contributed by atoms with E-state index < -0.39 is 0 Å². The Morgan fingerprint density at radius 2 is 2.03 bits per heavy atom. The number of rotatable bonds is 8. The Kier molecular flexibility index (Phi) is 6.83. The molecule has 0 spiro atoms. The summed E-state index contributed by atoms with van der Waals surface area (Å²) in [4.78, 5) is 16.5. The molecule has 0 saturated carbocycles. The Morgan fingerprint density at radius 1 is 1.27 bits per heavy atom. The summed E-state index contributed by atoms with van der Waals surface area (Å²) in [5.74, 6) is 1.00. The van der Waals surface area contributed by atoms with Gasteiger partial charge >= 0.3 is 0 Å². The van der Waals surface area contributed by atoms with Crippen LogP contribution in [-0.2, 0) is 4.79 Å². The zero-order chi connectivity index (χ0) is 21.5. The third-order valence-corrected chi connectivity index (χ3v) is 5.01. The first-order chi connectivity index (χ1) is 14.5. The maximum atomic E-state index is 12.4. The SMILES string of the molecule is CCOc1ccc(-n2c(SCC(=O)/C(C#N)=C(\C)N)nnc2-c2cccnc2)cc1. The third kappa shape index (κ3) is 4.67. The van der Waals surface area contributed by atoms with Crippen molar-refractivity contribution in [2.45, 2.75) is 19.0 Å². The van der Waals surface area contributed by atoms with E-state index >= 15 is 0 Å². The second-order valence-electron chi connectivity index (χ2n) is 6.19. The van der Waals surface area contributed by atoms with Gasteiger partial charge in [0.15, 0.2) is 16.8 Å². The van der Waals surface area contributed by atoms with Crippen molar-refractivity contribution in [2.75, 3.05) is 12.4 Å². The molecule has 0 bridgehead atoms. The highest BCUT2D eigenvalue weighted by atomic mass is 32.2. The van der Waals surface area contributed by atoms with Crippen molar-refractivity contribution >= 4 is 17.5 Å². The predicted octanol–water partition coefficient (Wildman–Crippen LogP) is 3.15. The van der Waals surface area contributed by atoms with Crippen LogP contribution in [0.2, 0.25) is 0 Å². The number of allylic oxidation sites excluding steroid dienone is 2. The summed E-state index contributed by atoms with van der Waals surface area (Å²) in [6.07, 6.45) is 3.38. The smallest absolute Gasteiger partial charge is 0.196 e. The molecule has 30 heavy (non-hydrogen) atoms. The van der Waals surface area contributed by atoms with Gasteiger partial charge in [-0.05, 0) is 50.2 Å². The molecule has 3 rings (SSSR count). The van der Waals surface area contributed by atoms with Gasteiger partial charge in [-0.1, -0.05) is 11.8 Å². The maximum Gasteiger partial charge on any atom is 0.196 e. The molecule has 2 aromatic heterocycles. The van der Waals surface area contributed by atoms with Gasteiger partial charge in [0.05, 0.1) is 12.4 Å². The third-order valence-electron chi connectivity index (χ3n) is 4.08. The van der Waals surface area contributed by atoms with Crippen molar-refractivity contribution in [1.82, 2.24) is 19.7 Å². The van der Waals surface area contributed by atoms with Gasteiger partial charge in [0.1, 0.15) is 17.4 Å². The van der Waals surface area contributed by atoms with Crippen LogP contribution in [0.5, 0.6) is 5.75 Å². The van der Waals surface area contributed by atoms with Gasteiger partial charge in [-0.3, -0.25) is 14.3 Å². The molecule has 1 aromatic carbocycles. The van der Waals surface area contributed by atoms with Crippen LogP contribution >= 0.6 is 11.8 Å². The summed E-state index contributed by atoms with van der Waals surface area (Å²) in [6.45, 7) is 4.03. The number of Topliss-reactive ketones (excluding diaryl/α,β-unsaturated/α-hetero) is 1. The number of aromatic nitrogens is 4. The lowest BCUT2D eigenvalue weighted by Gasteiger charge is -2.11. The fourth-order valence-corrected chi connectivity index (χ4v) is 3.53. The summed E-state index contributed by atoms with van der Waals surface area (Å²) in [5, 5.41) is 18.2. The highest BCUT2D eigenvalue weighted by molar-refractivity contribution is 7.99. The first-order valence-corrected chi connectivity index (χ1v) is 10.1. The normalized spacial score (nSPS) is 11.5. The van der Waals surface area contributed by atoms with Crippen molar-refractivity contribution in [3.05, 3.63) is 60.1 Å². The molecule has 2 heterocycles. The first-order valence-electron chi connectivity index (χ1n) is 9.16. The molecule has 0 unspecified atom stereocenters. The summed E-state index contributed by atoms with van der Waals surface area (Å²) >= 11 is 1.19. The van der Waals surface area contributed by atoms with E-state index in [-0.39, 0.29) is 22.8 Å². The van der Waals surface area contributed by atoms with Gasteiger partial charge in [0.25, 0.3) is 0 Å². The number of ether oxygens (including phenoxy) is 1. The zero-order valence-corrected chi connectivity index (χ0v) is 17.4. The predicted molar refractivity (Wildman–Crippen MR) is 114 cm³/mol. The zero-order valence-electron chi connectivity index (χ0n) is 16.6. The first kappa shape index (κ1) is 21.1. The lowest BCUT2D eigenvalue weighted by atomic mass is 10.2. The summed E-state index contributed by atoms with van der Waals surface area (Å²) in [6, 6.07) is 13.1. The minimum atomic E-state index is -0.355. The molecule has 0 aliphatic carbocycles. The van der Waals surface area contributed by atoms with E-state index in [9.17, 15) is 4.79 Å². The van der Waals surface area contributed by atoms with Crippen LogP contribution in [0.4, 0.5) is 0 Å². The number of nitrogens with zero attached hydrogens (tertiary/aromatic N) is 5. The fraction of sp³-hybridized carbons (Fsp3) is 0.190. The molecule has 8 nitrogen and oxygen atoms in total. The maximum absolute atomic E-state index is 12.4. The lowest BCUT2D eigenvalue weighted by molar-refractivity contribution is -0.112. The van der Waals surface area contributed by atoms with E-state index in [1.165, 1.54) is 18.7 Å². The van der Waals surface area contributed by atoms with E-state index in [1.807, 2.05) is 54.0 Å². The van der Waals surface area contributed by atoms with Crippen LogP contribution in [0.15, 0.2) is 65.2 Å². The number of benzene rings is 1. The number of ketones is 1. The van der Waals surface area contributed by atoms with E-state index in [4.69, 9.17) is 15.7 Å². The topological polar surface area (TPSA) is 120 Å². The Balaban J connectivity index is 1.98. The van der Waals surface area contributed by atoms with Crippen LogP contribution in [0.3, 0.4) is 0 Å². The molecular formula is C21H20N6O2S.